The zero-order valence-corrected chi connectivity index (χ0v) is 10.4. The lowest BCUT2D eigenvalue weighted by molar-refractivity contribution is 0.411. The van der Waals surface area contributed by atoms with Gasteiger partial charge in [-0.3, -0.25) is 0 Å². The van der Waals surface area contributed by atoms with E-state index >= 15 is 0 Å². The van der Waals surface area contributed by atoms with Crippen LogP contribution in [0.2, 0.25) is 0 Å². The predicted molar refractivity (Wildman–Crippen MR) is 67.2 cm³/mol. The number of benzene rings is 1. The molecule has 0 fully saturated rings. The van der Waals surface area contributed by atoms with Crippen molar-refractivity contribution in [3.8, 4) is 5.75 Å². The van der Waals surface area contributed by atoms with Crippen LogP contribution in [0.15, 0.2) is 34.9 Å². The average Bonchev–Trinajstić information content (AvgIpc) is 2.75. The molecule has 1 aromatic heterocycles. The molecule has 3 nitrogen and oxygen atoms in total. The summed E-state index contributed by atoms with van der Waals surface area (Å²) in [6, 6.07) is 7.78. The van der Waals surface area contributed by atoms with Crippen LogP contribution < -0.4 is 10.5 Å². The van der Waals surface area contributed by atoms with E-state index in [9.17, 15) is 0 Å². The van der Waals surface area contributed by atoms with Crippen molar-refractivity contribution in [2.24, 2.45) is 5.73 Å². The highest BCUT2D eigenvalue weighted by Gasteiger charge is 2.12. The van der Waals surface area contributed by atoms with Gasteiger partial charge in [-0.05, 0) is 37.1 Å². The number of hydrogen-bond acceptors (Lipinski definition) is 3. The monoisotopic (exact) mass is 231 g/mol. The largest absolute Gasteiger partial charge is 0.496 e. The molecule has 0 radical (unpaired) electrons. The maximum atomic E-state index is 6.19. The SMILES string of the molecule is COc1ccc(C(N)c2coc(C)c2)cc1C. The molecule has 0 aliphatic rings. The van der Waals surface area contributed by atoms with E-state index in [2.05, 4.69) is 0 Å². The van der Waals surface area contributed by atoms with Gasteiger partial charge in [-0.15, -0.1) is 0 Å². The van der Waals surface area contributed by atoms with Crippen molar-refractivity contribution in [1.82, 2.24) is 0 Å². The molecular formula is C14H17NO2. The third-order valence-electron chi connectivity index (χ3n) is 2.89. The zero-order chi connectivity index (χ0) is 12.4. The molecule has 2 aromatic rings. The fraction of sp³-hybridized carbons (Fsp3) is 0.286. The molecule has 0 saturated carbocycles. The van der Waals surface area contributed by atoms with Gasteiger partial charge in [0.1, 0.15) is 11.5 Å². The third-order valence-corrected chi connectivity index (χ3v) is 2.89. The van der Waals surface area contributed by atoms with Gasteiger partial charge in [0.15, 0.2) is 0 Å². The highest BCUT2D eigenvalue weighted by atomic mass is 16.5. The van der Waals surface area contributed by atoms with Crippen molar-refractivity contribution in [2.45, 2.75) is 19.9 Å². The lowest BCUT2D eigenvalue weighted by atomic mass is 10.00. The van der Waals surface area contributed by atoms with E-state index in [-0.39, 0.29) is 6.04 Å². The molecule has 0 spiro atoms. The van der Waals surface area contributed by atoms with E-state index < -0.39 is 0 Å². The van der Waals surface area contributed by atoms with Crippen molar-refractivity contribution in [3.63, 3.8) is 0 Å². The van der Waals surface area contributed by atoms with E-state index in [1.165, 1.54) is 0 Å². The Morgan fingerprint density at radius 2 is 1.94 bits per heavy atom. The van der Waals surface area contributed by atoms with Crippen molar-refractivity contribution >= 4 is 0 Å². The summed E-state index contributed by atoms with van der Waals surface area (Å²) in [6.45, 7) is 3.92. The number of aryl methyl sites for hydroxylation is 2. The van der Waals surface area contributed by atoms with Gasteiger partial charge in [0.05, 0.1) is 19.4 Å². The van der Waals surface area contributed by atoms with Gasteiger partial charge in [0, 0.05) is 5.56 Å². The molecule has 17 heavy (non-hydrogen) atoms. The zero-order valence-electron chi connectivity index (χ0n) is 10.4. The first kappa shape index (κ1) is 11.7. The second-order valence-electron chi connectivity index (χ2n) is 4.20. The predicted octanol–water partition coefficient (Wildman–Crippen LogP) is 2.95. The number of ether oxygens (including phenoxy) is 1. The van der Waals surface area contributed by atoms with Gasteiger partial charge >= 0.3 is 0 Å². The van der Waals surface area contributed by atoms with E-state index in [4.69, 9.17) is 14.9 Å². The third kappa shape index (κ3) is 2.34. The summed E-state index contributed by atoms with van der Waals surface area (Å²) in [5, 5.41) is 0. The summed E-state index contributed by atoms with van der Waals surface area (Å²) in [6.07, 6.45) is 1.71. The first-order valence-electron chi connectivity index (χ1n) is 5.57. The van der Waals surface area contributed by atoms with Crippen molar-refractivity contribution in [3.05, 3.63) is 53.0 Å². The maximum Gasteiger partial charge on any atom is 0.121 e. The summed E-state index contributed by atoms with van der Waals surface area (Å²) in [7, 11) is 1.67. The molecule has 90 valence electrons. The van der Waals surface area contributed by atoms with Crippen molar-refractivity contribution < 1.29 is 9.15 Å². The highest BCUT2D eigenvalue weighted by Crippen LogP contribution is 2.26. The minimum Gasteiger partial charge on any atom is -0.496 e. The Labute approximate surface area is 101 Å². The van der Waals surface area contributed by atoms with Gasteiger partial charge in [-0.2, -0.15) is 0 Å². The molecule has 0 aliphatic heterocycles. The molecule has 2 N–H and O–H groups in total. The van der Waals surface area contributed by atoms with Crippen molar-refractivity contribution in [1.29, 1.82) is 0 Å². The fourth-order valence-corrected chi connectivity index (χ4v) is 1.91. The van der Waals surface area contributed by atoms with Crippen LogP contribution in [0.3, 0.4) is 0 Å². The molecular weight excluding hydrogens is 214 g/mol. The molecule has 0 aliphatic carbocycles. The summed E-state index contributed by atoms with van der Waals surface area (Å²) >= 11 is 0. The smallest absolute Gasteiger partial charge is 0.121 e. The second-order valence-corrected chi connectivity index (χ2v) is 4.20. The Morgan fingerprint density at radius 1 is 1.18 bits per heavy atom. The molecule has 2 rings (SSSR count). The van der Waals surface area contributed by atoms with E-state index in [0.29, 0.717) is 0 Å². The highest BCUT2D eigenvalue weighted by molar-refractivity contribution is 5.40. The van der Waals surface area contributed by atoms with Gasteiger partial charge < -0.3 is 14.9 Å². The summed E-state index contributed by atoms with van der Waals surface area (Å²) < 4.78 is 10.5. The minimum atomic E-state index is -0.156. The first-order valence-corrected chi connectivity index (χ1v) is 5.57. The standard InChI is InChI=1S/C14H17NO2/c1-9-6-11(4-5-13(9)16-3)14(15)12-7-10(2)17-8-12/h4-8,14H,15H2,1-3H3. The maximum absolute atomic E-state index is 6.19. The lowest BCUT2D eigenvalue weighted by Gasteiger charge is -2.12. The Bertz CT molecular complexity index is 517. The molecule has 0 amide bonds. The summed E-state index contributed by atoms with van der Waals surface area (Å²) in [4.78, 5) is 0. The Balaban J connectivity index is 2.31. The number of furan rings is 1. The molecule has 1 heterocycles. The van der Waals surface area contributed by atoms with Crippen LogP contribution >= 0.6 is 0 Å². The summed E-state index contributed by atoms with van der Waals surface area (Å²) in [5.41, 5.74) is 9.33. The van der Waals surface area contributed by atoms with Gasteiger partial charge in [-0.1, -0.05) is 12.1 Å². The Morgan fingerprint density at radius 3 is 2.47 bits per heavy atom. The van der Waals surface area contributed by atoms with Crippen molar-refractivity contribution in [2.75, 3.05) is 7.11 Å². The Kier molecular flexibility index (Phi) is 3.20. The van der Waals surface area contributed by atoms with Crippen LogP contribution in [0.4, 0.5) is 0 Å². The van der Waals surface area contributed by atoms with Crippen LogP contribution in [-0.4, -0.2) is 7.11 Å². The van der Waals surface area contributed by atoms with Crippen LogP contribution in [0, 0.1) is 13.8 Å². The summed E-state index contributed by atoms with van der Waals surface area (Å²) in [5.74, 6) is 1.75. The van der Waals surface area contributed by atoms with E-state index in [0.717, 1.165) is 28.2 Å². The second kappa shape index (κ2) is 4.63. The van der Waals surface area contributed by atoms with Gasteiger partial charge in [-0.25, -0.2) is 0 Å². The van der Waals surface area contributed by atoms with Gasteiger partial charge in [0.25, 0.3) is 0 Å². The quantitative estimate of drug-likeness (QED) is 0.883. The number of rotatable bonds is 3. The molecule has 0 bridgehead atoms. The van der Waals surface area contributed by atoms with Crippen LogP contribution in [0.5, 0.6) is 5.75 Å². The lowest BCUT2D eigenvalue weighted by Crippen LogP contribution is -2.11. The average molecular weight is 231 g/mol. The van der Waals surface area contributed by atoms with E-state index in [1.54, 1.807) is 13.4 Å². The Hall–Kier alpha value is -1.74. The molecule has 1 unspecified atom stereocenters. The number of methoxy groups -OCH3 is 1. The number of nitrogens with two attached hydrogens (primary N) is 1. The number of hydrogen-bond donors (Lipinski definition) is 1. The van der Waals surface area contributed by atoms with Crippen LogP contribution in [0.1, 0.15) is 28.5 Å². The van der Waals surface area contributed by atoms with E-state index in [1.807, 2.05) is 38.1 Å². The van der Waals surface area contributed by atoms with Gasteiger partial charge in [0.2, 0.25) is 0 Å². The minimum absolute atomic E-state index is 0.156. The molecule has 3 heteroatoms. The van der Waals surface area contributed by atoms with Crippen LogP contribution in [-0.2, 0) is 0 Å². The first-order chi connectivity index (χ1) is 8.11. The fourth-order valence-electron chi connectivity index (χ4n) is 1.91. The molecule has 1 atom stereocenters. The topological polar surface area (TPSA) is 48.4 Å². The van der Waals surface area contributed by atoms with Crippen LogP contribution in [0.25, 0.3) is 0 Å². The molecule has 0 saturated heterocycles. The normalized spacial score (nSPS) is 12.5. The molecule has 1 aromatic carbocycles.